The van der Waals surface area contributed by atoms with Crippen molar-refractivity contribution in [3.8, 4) is 0 Å². The number of para-hydroxylation sites is 1. The van der Waals surface area contributed by atoms with Gasteiger partial charge in [0, 0.05) is 12.3 Å². The largest absolute Gasteiger partial charge is 0.294 e. The quantitative estimate of drug-likeness (QED) is 0.786. The van der Waals surface area contributed by atoms with Gasteiger partial charge in [-0.2, -0.15) is 0 Å². The van der Waals surface area contributed by atoms with Crippen LogP contribution in [-0.2, 0) is 22.3 Å². The van der Waals surface area contributed by atoms with E-state index in [1.54, 1.807) is 31.2 Å². The minimum Gasteiger partial charge on any atom is -0.294 e. The van der Waals surface area contributed by atoms with Gasteiger partial charge in [0.1, 0.15) is 5.82 Å². The molecule has 2 rings (SSSR count). The summed E-state index contributed by atoms with van der Waals surface area (Å²) in [5, 5.41) is 0.468. The molecule has 0 aliphatic rings. The number of hydrogen-bond donors (Lipinski definition) is 0. The fraction of sp³-hybridized carbons (Fsp3) is 0.385. The Morgan fingerprint density at radius 2 is 2.00 bits per heavy atom. The Morgan fingerprint density at radius 3 is 2.65 bits per heavy atom. The van der Waals surface area contributed by atoms with Gasteiger partial charge in [-0.1, -0.05) is 19.1 Å². The van der Waals surface area contributed by atoms with Crippen LogP contribution in [0.5, 0.6) is 0 Å². The van der Waals surface area contributed by atoms with Crippen molar-refractivity contribution in [3.05, 3.63) is 40.4 Å². The Bertz CT molecular complexity index is 784. The third-order valence-corrected chi connectivity index (χ3v) is 5.05. The number of fused-ring (bicyclic) bond motifs is 1. The Morgan fingerprint density at radius 1 is 1.30 bits per heavy atom. The lowest BCUT2D eigenvalue weighted by atomic mass is 10.2. The third kappa shape index (κ3) is 3.02. The van der Waals surface area contributed by atoms with E-state index in [9.17, 15) is 13.2 Å². The highest BCUT2D eigenvalue weighted by Gasteiger charge is 2.13. The SMILES string of the molecule is CCS(=O)(=O)CCn1c(CCl)nc2ccccc2c1=O. The molecule has 0 radical (unpaired) electrons. The minimum absolute atomic E-state index is 0.0545. The van der Waals surface area contributed by atoms with Crippen molar-refractivity contribution in [3.63, 3.8) is 0 Å². The van der Waals surface area contributed by atoms with Crippen molar-refractivity contribution >= 4 is 32.3 Å². The molecule has 7 heteroatoms. The molecule has 0 atom stereocenters. The maximum atomic E-state index is 12.4. The maximum Gasteiger partial charge on any atom is 0.261 e. The van der Waals surface area contributed by atoms with Crippen LogP contribution in [0.1, 0.15) is 12.7 Å². The van der Waals surface area contributed by atoms with Crippen molar-refractivity contribution in [1.82, 2.24) is 9.55 Å². The molecule has 20 heavy (non-hydrogen) atoms. The summed E-state index contributed by atoms with van der Waals surface area (Å²) in [6.07, 6.45) is 0. The lowest BCUT2D eigenvalue weighted by molar-refractivity contribution is 0.585. The zero-order valence-electron chi connectivity index (χ0n) is 11.0. The summed E-state index contributed by atoms with van der Waals surface area (Å²) < 4.78 is 24.5. The fourth-order valence-electron chi connectivity index (χ4n) is 1.92. The van der Waals surface area contributed by atoms with Gasteiger partial charge in [0.25, 0.3) is 5.56 Å². The number of halogens is 1. The Balaban J connectivity index is 2.51. The second-order valence-corrected chi connectivity index (χ2v) is 7.11. The summed E-state index contributed by atoms with van der Waals surface area (Å²) in [5.74, 6) is 0.417. The van der Waals surface area contributed by atoms with Crippen LogP contribution >= 0.6 is 11.6 Å². The number of alkyl halides is 1. The van der Waals surface area contributed by atoms with Crippen LogP contribution in [0.25, 0.3) is 10.9 Å². The lowest BCUT2D eigenvalue weighted by Gasteiger charge is -2.11. The van der Waals surface area contributed by atoms with Crippen molar-refractivity contribution in [2.24, 2.45) is 0 Å². The van der Waals surface area contributed by atoms with Crippen LogP contribution in [0.3, 0.4) is 0 Å². The molecule has 0 aliphatic carbocycles. The Kier molecular flexibility index (Phi) is 4.45. The molecule has 0 bridgehead atoms. The second-order valence-electron chi connectivity index (χ2n) is 4.37. The average Bonchev–Trinajstić information content (AvgIpc) is 2.46. The summed E-state index contributed by atoms with van der Waals surface area (Å²) in [7, 11) is -3.14. The third-order valence-electron chi connectivity index (χ3n) is 3.13. The van der Waals surface area contributed by atoms with Gasteiger partial charge in [-0.05, 0) is 12.1 Å². The highest BCUT2D eigenvalue weighted by Crippen LogP contribution is 2.09. The van der Waals surface area contributed by atoms with Crippen LogP contribution < -0.4 is 5.56 Å². The first-order valence-corrected chi connectivity index (χ1v) is 8.59. The minimum atomic E-state index is -3.14. The Hall–Kier alpha value is -1.40. The van der Waals surface area contributed by atoms with Gasteiger partial charge in [0.05, 0.1) is 22.5 Å². The summed E-state index contributed by atoms with van der Waals surface area (Å²) in [6.45, 7) is 1.66. The van der Waals surface area contributed by atoms with Gasteiger partial charge in [-0.15, -0.1) is 11.6 Å². The molecule has 0 fully saturated rings. The van der Waals surface area contributed by atoms with E-state index in [0.29, 0.717) is 16.7 Å². The molecule has 0 unspecified atom stereocenters. The van der Waals surface area contributed by atoms with E-state index in [0.717, 1.165) is 0 Å². The summed E-state index contributed by atoms with van der Waals surface area (Å²) in [4.78, 5) is 16.7. The van der Waals surface area contributed by atoms with E-state index >= 15 is 0 Å². The maximum absolute atomic E-state index is 12.4. The molecule has 0 saturated heterocycles. The van der Waals surface area contributed by atoms with Crippen LogP contribution in [0.4, 0.5) is 0 Å². The molecule has 1 aromatic heterocycles. The Labute approximate surface area is 122 Å². The van der Waals surface area contributed by atoms with Crippen molar-refractivity contribution in [2.75, 3.05) is 11.5 Å². The van der Waals surface area contributed by atoms with Gasteiger partial charge in [0.2, 0.25) is 0 Å². The van der Waals surface area contributed by atoms with Crippen molar-refractivity contribution < 1.29 is 8.42 Å². The van der Waals surface area contributed by atoms with Crippen LogP contribution in [-0.4, -0.2) is 29.5 Å². The molecule has 0 amide bonds. The topological polar surface area (TPSA) is 69.0 Å². The standard InChI is InChI=1S/C13H15ClN2O3S/c1-2-20(18,19)8-7-16-12(9-14)15-11-6-4-3-5-10(11)13(16)17/h3-6H,2,7-9H2,1H3. The summed E-state index contributed by atoms with van der Waals surface area (Å²) in [6, 6.07) is 6.95. The molecule has 0 aliphatic heterocycles. The number of nitrogens with zero attached hydrogens (tertiary/aromatic N) is 2. The number of rotatable bonds is 5. The molecule has 108 valence electrons. The first-order valence-electron chi connectivity index (χ1n) is 6.23. The van der Waals surface area contributed by atoms with Gasteiger partial charge in [-0.3, -0.25) is 9.36 Å². The molecule has 1 aromatic carbocycles. The van der Waals surface area contributed by atoms with E-state index in [2.05, 4.69) is 4.98 Å². The predicted molar refractivity (Wildman–Crippen MR) is 79.9 cm³/mol. The monoisotopic (exact) mass is 314 g/mol. The first-order chi connectivity index (χ1) is 9.48. The van der Waals surface area contributed by atoms with Crippen LogP contribution in [0.15, 0.2) is 29.1 Å². The molecule has 2 aromatic rings. The van der Waals surface area contributed by atoms with Gasteiger partial charge < -0.3 is 0 Å². The highest BCUT2D eigenvalue weighted by molar-refractivity contribution is 7.91. The van der Waals surface area contributed by atoms with E-state index < -0.39 is 9.84 Å². The zero-order chi connectivity index (χ0) is 14.8. The summed E-state index contributed by atoms with van der Waals surface area (Å²) in [5.41, 5.74) is 0.320. The van der Waals surface area contributed by atoms with Gasteiger partial charge >= 0.3 is 0 Å². The smallest absolute Gasteiger partial charge is 0.261 e. The fourth-order valence-corrected chi connectivity index (χ4v) is 2.87. The molecular formula is C13H15ClN2O3S. The van der Waals surface area contributed by atoms with E-state index in [1.807, 2.05) is 0 Å². The highest BCUT2D eigenvalue weighted by atomic mass is 35.5. The lowest BCUT2D eigenvalue weighted by Crippen LogP contribution is -2.28. The number of sulfone groups is 1. The first kappa shape index (κ1) is 15.0. The van der Waals surface area contributed by atoms with E-state index in [1.165, 1.54) is 4.57 Å². The van der Waals surface area contributed by atoms with E-state index in [4.69, 9.17) is 11.6 Å². The normalized spacial score (nSPS) is 11.9. The van der Waals surface area contributed by atoms with E-state index in [-0.39, 0.29) is 29.5 Å². The molecule has 0 saturated carbocycles. The molecule has 0 N–H and O–H groups in total. The van der Waals surface area contributed by atoms with Crippen molar-refractivity contribution in [2.45, 2.75) is 19.3 Å². The average molecular weight is 315 g/mol. The zero-order valence-corrected chi connectivity index (χ0v) is 12.6. The van der Waals surface area contributed by atoms with Gasteiger partial charge in [0.15, 0.2) is 9.84 Å². The molecule has 0 spiro atoms. The molecule has 5 nitrogen and oxygen atoms in total. The molecule has 1 heterocycles. The number of hydrogen-bond acceptors (Lipinski definition) is 4. The summed E-state index contributed by atoms with van der Waals surface area (Å²) >= 11 is 5.82. The van der Waals surface area contributed by atoms with Crippen molar-refractivity contribution in [1.29, 1.82) is 0 Å². The number of benzene rings is 1. The van der Waals surface area contributed by atoms with Crippen LogP contribution in [0, 0.1) is 0 Å². The van der Waals surface area contributed by atoms with Gasteiger partial charge in [-0.25, -0.2) is 13.4 Å². The second kappa shape index (κ2) is 5.93. The number of aromatic nitrogens is 2. The van der Waals surface area contributed by atoms with Crippen LogP contribution in [0.2, 0.25) is 0 Å². The molecular weight excluding hydrogens is 300 g/mol. The predicted octanol–water partition coefficient (Wildman–Crippen LogP) is 1.57.